The van der Waals surface area contributed by atoms with E-state index in [2.05, 4.69) is 16.9 Å². The SMILES string of the molecule is [CH2]/C=C(/F)c1cnc(-c2ccccc2)nc1. The molecular weight excluding hydrogens is 203 g/mol. The van der Waals surface area contributed by atoms with Crippen LogP contribution in [0.15, 0.2) is 48.8 Å². The van der Waals surface area contributed by atoms with Crippen LogP contribution in [0.25, 0.3) is 17.2 Å². The van der Waals surface area contributed by atoms with Crippen molar-refractivity contribution in [3.63, 3.8) is 0 Å². The molecule has 0 fully saturated rings. The first-order chi connectivity index (χ1) is 7.81. The summed E-state index contributed by atoms with van der Waals surface area (Å²) in [5, 5.41) is 0. The molecule has 0 aliphatic rings. The van der Waals surface area contributed by atoms with E-state index in [0.717, 1.165) is 11.6 Å². The van der Waals surface area contributed by atoms with Crippen LogP contribution in [0.5, 0.6) is 0 Å². The molecule has 0 aliphatic heterocycles. The fourth-order valence-electron chi connectivity index (χ4n) is 1.31. The predicted octanol–water partition coefficient (Wildman–Crippen LogP) is 3.29. The molecule has 2 aromatic rings. The van der Waals surface area contributed by atoms with E-state index < -0.39 is 5.83 Å². The Bertz CT molecular complexity index is 489. The number of rotatable bonds is 2. The fourth-order valence-corrected chi connectivity index (χ4v) is 1.31. The Balaban J connectivity index is 2.34. The van der Waals surface area contributed by atoms with Crippen LogP contribution >= 0.6 is 0 Å². The van der Waals surface area contributed by atoms with Crippen LogP contribution in [0, 0.1) is 6.92 Å². The van der Waals surface area contributed by atoms with E-state index in [9.17, 15) is 4.39 Å². The summed E-state index contributed by atoms with van der Waals surface area (Å²) in [4.78, 5) is 8.20. The molecule has 2 rings (SSSR count). The van der Waals surface area contributed by atoms with E-state index >= 15 is 0 Å². The molecule has 1 heterocycles. The standard InChI is InChI=1S/C13H10FN2/c1-2-12(14)11-8-15-13(16-9-11)10-6-4-3-5-7-10/h2-9H,1H2/b12-2+. The maximum absolute atomic E-state index is 13.1. The van der Waals surface area contributed by atoms with Crippen LogP contribution in [0.4, 0.5) is 4.39 Å². The van der Waals surface area contributed by atoms with Gasteiger partial charge in [-0.25, -0.2) is 14.4 Å². The van der Waals surface area contributed by atoms with Crippen molar-refractivity contribution in [3.05, 3.63) is 61.3 Å². The normalized spacial score (nSPS) is 11.5. The van der Waals surface area contributed by atoms with Crippen LogP contribution in [-0.2, 0) is 0 Å². The summed E-state index contributed by atoms with van der Waals surface area (Å²) >= 11 is 0. The highest BCUT2D eigenvalue weighted by Crippen LogP contribution is 2.17. The molecule has 1 aromatic heterocycles. The van der Waals surface area contributed by atoms with Gasteiger partial charge in [-0.2, -0.15) is 0 Å². The Labute approximate surface area is 93.5 Å². The van der Waals surface area contributed by atoms with E-state index in [0.29, 0.717) is 11.4 Å². The van der Waals surface area contributed by atoms with Crippen molar-refractivity contribution < 1.29 is 4.39 Å². The molecule has 2 nitrogen and oxygen atoms in total. The first-order valence-corrected chi connectivity index (χ1v) is 4.84. The van der Waals surface area contributed by atoms with Crippen molar-refractivity contribution in [2.75, 3.05) is 0 Å². The zero-order valence-electron chi connectivity index (χ0n) is 8.60. The van der Waals surface area contributed by atoms with E-state index in [1.54, 1.807) is 0 Å². The van der Waals surface area contributed by atoms with Gasteiger partial charge in [-0.15, -0.1) is 0 Å². The third kappa shape index (κ3) is 2.14. The molecule has 1 aromatic carbocycles. The topological polar surface area (TPSA) is 25.8 Å². The summed E-state index contributed by atoms with van der Waals surface area (Å²) in [7, 11) is 0. The van der Waals surface area contributed by atoms with E-state index in [1.807, 2.05) is 30.3 Å². The lowest BCUT2D eigenvalue weighted by Gasteiger charge is -2.00. The van der Waals surface area contributed by atoms with Gasteiger partial charge in [-0.1, -0.05) is 30.3 Å². The zero-order valence-corrected chi connectivity index (χ0v) is 8.60. The molecule has 16 heavy (non-hydrogen) atoms. The van der Waals surface area contributed by atoms with Crippen LogP contribution in [0.1, 0.15) is 5.56 Å². The van der Waals surface area contributed by atoms with Crippen molar-refractivity contribution >= 4 is 5.83 Å². The lowest BCUT2D eigenvalue weighted by Crippen LogP contribution is -1.90. The van der Waals surface area contributed by atoms with Gasteiger partial charge in [0.05, 0.1) is 0 Å². The number of nitrogens with zero attached hydrogens (tertiary/aromatic N) is 2. The molecule has 3 heteroatoms. The summed E-state index contributed by atoms with van der Waals surface area (Å²) in [5.74, 6) is 0.167. The maximum atomic E-state index is 13.1. The third-order valence-corrected chi connectivity index (χ3v) is 2.14. The summed E-state index contributed by atoms with van der Waals surface area (Å²) < 4.78 is 13.1. The van der Waals surface area contributed by atoms with Crippen molar-refractivity contribution in [2.24, 2.45) is 0 Å². The molecular formula is C13H10FN2. The second-order valence-corrected chi connectivity index (χ2v) is 3.21. The molecule has 0 aliphatic carbocycles. The molecule has 79 valence electrons. The molecule has 0 spiro atoms. The molecule has 0 saturated heterocycles. The number of benzene rings is 1. The second-order valence-electron chi connectivity index (χ2n) is 3.21. The van der Waals surface area contributed by atoms with Crippen molar-refractivity contribution in [2.45, 2.75) is 0 Å². The van der Waals surface area contributed by atoms with Gasteiger partial charge >= 0.3 is 0 Å². The van der Waals surface area contributed by atoms with Gasteiger partial charge in [0.25, 0.3) is 0 Å². The van der Waals surface area contributed by atoms with Crippen molar-refractivity contribution in [1.29, 1.82) is 0 Å². The number of halogens is 1. The van der Waals surface area contributed by atoms with Gasteiger partial charge in [0.2, 0.25) is 0 Å². The van der Waals surface area contributed by atoms with Crippen molar-refractivity contribution in [3.8, 4) is 11.4 Å². The molecule has 1 radical (unpaired) electrons. The smallest absolute Gasteiger partial charge is 0.159 e. The van der Waals surface area contributed by atoms with Gasteiger partial charge in [0, 0.05) is 23.5 Å². The van der Waals surface area contributed by atoms with Crippen LogP contribution in [-0.4, -0.2) is 9.97 Å². The van der Waals surface area contributed by atoms with Crippen LogP contribution < -0.4 is 0 Å². The quantitative estimate of drug-likeness (QED) is 0.765. The average molecular weight is 213 g/mol. The fraction of sp³-hybridized carbons (Fsp3) is 0. The monoisotopic (exact) mass is 213 g/mol. The minimum Gasteiger partial charge on any atom is -0.236 e. The Morgan fingerprint density at radius 1 is 1.12 bits per heavy atom. The number of allylic oxidation sites excluding steroid dienone is 1. The lowest BCUT2D eigenvalue weighted by atomic mass is 10.2. The van der Waals surface area contributed by atoms with Crippen LogP contribution in [0.2, 0.25) is 0 Å². The Morgan fingerprint density at radius 3 is 2.31 bits per heavy atom. The summed E-state index contributed by atoms with van der Waals surface area (Å²) in [6.45, 7) is 3.35. The van der Waals surface area contributed by atoms with Gasteiger partial charge in [0.15, 0.2) is 5.82 Å². The van der Waals surface area contributed by atoms with Gasteiger partial charge in [-0.3, -0.25) is 0 Å². The highest BCUT2D eigenvalue weighted by atomic mass is 19.1. The van der Waals surface area contributed by atoms with E-state index in [1.165, 1.54) is 12.4 Å². The lowest BCUT2D eigenvalue weighted by molar-refractivity contribution is 0.757. The minimum atomic E-state index is -0.417. The second kappa shape index (κ2) is 4.66. The Morgan fingerprint density at radius 2 is 1.75 bits per heavy atom. The van der Waals surface area contributed by atoms with Gasteiger partial charge in [-0.05, 0) is 13.0 Å². The minimum absolute atomic E-state index is 0.342. The number of aromatic nitrogens is 2. The van der Waals surface area contributed by atoms with E-state index in [4.69, 9.17) is 0 Å². The third-order valence-electron chi connectivity index (χ3n) is 2.14. The Kier molecular flexibility index (Phi) is 3.05. The highest BCUT2D eigenvalue weighted by Gasteiger charge is 2.02. The molecule has 0 N–H and O–H groups in total. The summed E-state index contributed by atoms with van der Waals surface area (Å²) in [6.07, 6.45) is 4.04. The molecule has 0 amide bonds. The van der Waals surface area contributed by atoms with Gasteiger partial charge in [0.1, 0.15) is 5.83 Å². The molecule has 0 unspecified atom stereocenters. The number of hydrogen-bond donors (Lipinski definition) is 0. The molecule has 0 saturated carbocycles. The largest absolute Gasteiger partial charge is 0.236 e. The highest BCUT2D eigenvalue weighted by molar-refractivity contribution is 5.60. The maximum Gasteiger partial charge on any atom is 0.159 e. The van der Waals surface area contributed by atoms with Crippen molar-refractivity contribution in [1.82, 2.24) is 9.97 Å². The van der Waals surface area contributed by atoms with Gasteiger partial charge < -0.3 is 0 Å². The summed E-state index contributed by atoms with van der Waals surface area (Å²) in [6, 6.07) is 9.54. The average Bonchev–Trinajstić information content (AvgIpc) is 2.39. The predicted molar refractivity (Wildman–Crippen MR) is 61.9 cm³/mol. The van der Waals surface area contributed by atoms with E-state index in [-0.39, 0.29) is 0 Å². The molecule has 0 bridgehead atoms. The summed E-state index contributed by atoms with van der Waals surface area (Å²) in [5.41, 5.74) is 1.25. The Hall–Kier alpha value is -2.03. The first kappa shape index (κ1) is 10.5. The van der Waals surface area contributed by atoms with Crippen LogP contribution in [0.3, 0.4) is 0 Å². The molecule has 0 atom stereocenters. The zero-order chi connectivity index (χ0) is 11.4. The first-order valence-electron chi connectivity index (χ1n) is 4.84. The number of hydrogen-bond acceptors (Lipinski definition) is 2.